The molecule has 7 heteroatoms. The van der Waals surface area contributed by atoms with Gasteiger partial charge in [0, 0.05) is 30.9 Å². The van der Waals surface area contributed by atoms with Crippen molar-refractivity contribution in [3.05, 3.63) is 40.6 Å². The molecule has 3 aliphatic rings. The number of hydrogen-bond donors (Lipinski definition) is 2. The first-order chi connectivity index (χ1) is 13.1. The number of carbonyl (C=O) groups excluding carboxylic acids is 1. The highest BCUT2D eigenvalue weighted by atomic mass is 16.6. The normalized spacial score (nSPS) is 23.9. The number of nitrogens with zero attached hydrogens (tertiary/aromatic N) is 3. The topological polar surface area (TPSA) is 78.9 Å². The van der Waals surface area contributed by atoms with Crippen LogP contribution < -0.4 is 10.6 Å². The maximum atomic E-state index is 12.1. The highest BCUT2D eigenvalue weighted by molar-refractivity contribution is 5.73. The number of amides is 1. The molecule has 1 aliphatic carbocycles. The molecule has 0 spiro atoms. The fraction of sp³-hybridized carbons (Fsp3) is 0.550. The summed E-state index contributed by atoms with van der Waals surface area (Å²) >= 11 is 0. The predicted molar refractivity (Wildman–Crippen MR) is 104 cm³/mol. The lowest BCUT2D eigenvalue weighted by molar-refractivity contribution is 0.130. The highest BCUT2D eigenvalue weighted by Crippen LogP contribution is 2.30. The summed E-state index contributed by atoms with van der Waals surface area (Å²) < 4.78 is 5.48. The van der Waals surface area contributed by atoms with Crippen LogP contribution in [0.4, 0.5) is 4.79 Å². The van der Waals surface area contributed by atoms with Crippen molar-refractivity contribution >= 4 is 12.3 Å². The first kappa shape index (κ1) is 18.0. The van der Waals surface area contributed by atoms with Crippen LogP contribution in [0.2, 0.25) is 0 Å². The van der Waals surface area contributed by atoms with Crippen molar-refractivity contribution < 1.29 is 9.53 Å². The quantitative estimate of drug-likeness (QED) is 0.746. The molecule has 1 aromatic heterocycles. The van der Waals surface area contributed by atoms with Crippen LogP contribution in [0.5, 0.6) is 0 Å². The van der Waals surface area contributed by atoms with E-state index in [1.165, 1.54) is 22.4 Å². The van der Waals surface area contributed by atoms with Crippen molar-refractivity contribution in [2.45, 2.75) is 39.2 Å². The van der Waals surface area contributed by atoms with Gasteiger partial charge in [-0.2, -0.15) is 0 Å². The number of fused-ring (bicyclic) bond motifs is 1. The van der Waals surface area contributed by atoms with Crippen LogP contribution in [0.25, 0.3) is 0 Å². The summed E-state index contributed by atoms with van der Waals surface area (Å²) in [5.74, 6) is 1.25. The van der Waals surface area contributed by atoms with E-state index in [1.54, 1.807) is 17.3 Å². The van der Waals surface area contributed by atoms with Gasteiger partial charge >= 0.3 is 6.09 Å². The summed E-state index contributed by atoms with van der Waals surface area (Å²) in [6, 6.07) is 0. The Morgan fingerprint density at radius 1 is 1.33 bits per heavy atom. The third kappa shape index (κ3) is 3.83. The number of nitrogens with one attached hydrogen (secondary N) is 2. The number of aromatic nitrogens is 1. The van der Waals surface area contributed by atoms with E-state index in [9.17, 15) is 4.79 Å². The van der Waals surface area contributed by atoms with Crippen LogP contribution >= 0.6 is 0 Å². The van der Waals surface area contributed by atoms with Crippen LogP contribution in [0.1, 0.15) is 28.8 Å². The Balaban J connectivity index is 1.21. The lowest BCUT2D eigenvalue weighted by Crippen LogP contribution is -2.29. The maximum Gasteiger partial charge on any atom is 0.415 e. The Hall–Kier alpha value is -2.41. The standard InChI is InChI=1S/C20H27N5O2/c1-13-9-24-14(2)18-8-15(7-17(13)18)10-21-4-3-16-12-25(20(26)27-16)19-11-22-5-6-23-19/h6,9,11,15-16,21-22H,3-5,7-8,10,12H2,1-2H3. The van der Waals surface area contributed by atoms with Crippen LogP contribution in [0, 0.1) is 19.8 Å². The zero-order chi connectivity index (χ0) is 18.8. The fourth-order valence-electron chi connectivity index (χ4n) is 4.11. The van der Waals surface area contributed by atoms with Gasteiger partial charge in [0.1, 0.15) is 6.10 Å². The molecular weight excluding hydrogens is 342 g/mol. The van der Waals surface area contributed by atoms with Crippen molar-refractivity contribution in [3.63, 3.8) is 0 Å². The highest BCUT2D eigenvalue weighted by Gasteiger charge is 2.33. The molecule has 1 aromatic rings. The Kier molecular flexibility index (Phi) is 5.11. The molecule has 0 saturated carbocycles. The van der Waals surface area contributed by atoms with Gasteiger partial charge in [-0.1, -0.05) is 0 Å². The van der Waals surface area contributed by atoms with Crippen LogP contribution in [-0.4, -0.2) is 54.5 Å². The Labute approximate surface area is 159 Å². The summed E-state index contributed by atoms with van der Waals surface area (Å²) in [5.41, 5.74) is 5.41. The number of aryl methyl sites for hydroxylation is 2. The van der Waals surface area contributed by atoms with E-state index in [-0.39, 0.29) is 12.2 Å². The average molecular weight is 369 g/mol. The van der Waals surface area contributed by atoms with Crippen molar-refractivity contribution in [2.24, 2.45) is 10.9 Å². The van der Waals surface area contributed by atoms with Gasteiger partial charge in [-0.3, -0.25) is 9.88 Å². The zero-order valence-electron chi connectivity index (χ0n) is 16.0. The molecule has 2 unspecified atom stereocenters. The molecule has 0 bridgehead atoms. The monoisotopic (exact) mass is 369 g/mol. The Morgan fingerprint density at radius 2 is 2.19 bits per heavy atom. The summed E-state index contributed by atoms with van der Waals surface area (Å²) in [7, 11) is 0. The third-order valence-electron chi connectivity index (χ3n) is 5.61. The fourth-order valence-corrected chi connectivity index (χ4v) is 4.11. The summed E-state index contributed by atoms with van der Waals surface area (Å²) in [5, 5.41) is 6.62. The molecule has 7 nitrogen and oxygen atoms in total. The lowest BCUT2D eigenvalue weighted by Gasteiger charge is -2.16. The molecule has 1 fully saturated rings. The summed E-state index contributed by atoms with van der Waals surface area (Å²) in [6.45, 7) is 7.34. The van der Waals surface area contributed by atoms with Gasteiger partial charge in [-0.15, -0.1) is 0 Å². The molecular formula is C20H27N5O2. The van der Waals surface area contributed by atoms with Crippen molar-refractivity contribution in [2.75, 3.05) is 26.2 Å². The predicted octanol–water partition coefficient (Wildman–Crippen LogP) is 1.69. The minimum atomic E-state index is -0.309. The SMILES string of the molecule is Cc1cnc(C)c2c1CC(CNCCC1CN(C3=CNCC=N3)C(=O)O1)C2. The van der Waals surface area contributed by atoms with E-state index in [0.29, 0.717) is 24.8 Å². The first-order valence-electron chi connectivity index (χ1n) is 9.70. The first-order valence-corrected chi connectivity index (χ1v) is 9.70. The molecule has 4 rings (SSSR count). The number of ether oxygens (including phenoxy) is 1. The molecule has 27 heavy (non-hydrogen) atoms. The number of aliphatic imine (C=N–C) groups is 1. The summed E-state index contributed by atoms with van der Waals surface area (Å²) in [4.78, 5) is 22.4. The van der Waals surface area contributed by atoms with Crippen molar-refractivity contribution in [1.29, 1.82) is 0 Å². The van der Waals surface area contributed by atoms with Crippen molar-refractivity contribution in [3.8, 4) is 0 Å². The van der Waals surface area contributed by atoms with Gasteiger partial charge in [0.25, 0.3) is 0 Å². The van der Waals surface area contributed by atoms with Crippen molar-refractivity contribution in [1.82, 2.24) is 20.5 Å². The minimum Gasteiger partial charge on any atom is -0.444 e. The van der Waals surface area contributed by atoms with Crippen LogP contribution in [0.15, 0.2) is 23.2 Å². The van der Waals surface area contributed by atoms with Gasteiger partial charge in [-0.25, -0.2) is 9.79 Å². The second-order valence-corrected chi connectivity index (χ2v) is 7.59. The number of rotatable bonds is 6. The van der Waals surface area contributed by atoms with Crippen LogP contribution in [-0.2, 0) is 17.6 Å². The van der Waals surface area contributed by atoms with Gasteiger partial charge in [0.05, 0.1) is 6.54 Å². The lowest BCUT2D eigenvalue weighted by atomic mass is 10.1. The molecule has 2 atom stereocenters. The smallest absolute Gasteiger partial charge is 0.415 e. The molecule has 3 heterocycles. The van der Waals surface area contributed by atoms with E-state index in [4.69, 9.17) is 4.74 Å². The van der Waals surface area contributed by atoms with E-state index in [2.05, 4.69) is 34.5 Å². The van der Waals surface area contributed by atoms with E-state index in [1.807, 2.05) is 6.20 Å². The molecule has 2 aliphatic heterocycles. The van der Waals surface area contributed by atoms with E-state index >= 15 is 0 Å². The Morgan fingerprint density at radius 3 is 2.96 bits per heavy atom. The summed E-state index contributed by atoms with van der Waals surface area (Å²) in [6.07, 6.45) is 8.16. The largest absolute Gasteiger partial charge is 0.444 e. The third-order valence-corrected chi connectivity index (χ3v) is 5.61. The molecule has 1 saturated heterocycles. The van der Waals surface area contributed by atoms with E-state index in [0.717, 1.165) is 32.4 Å². The number of carbonyl (C=O) groups is 1. The second kappa shape index (κ2) is 7.68. The number of pyridine rings is 1. The van der Waals surface area contributed by atoms with Gasteiger partial charge < -0.3 is 15.4 Å². The molecule has 0 radical (unpaired) electrons. The molecule has 2 N–H and O–H groups in total. The minimum absolute atomic E-state index is 0.0857. The number of hydrogen-bond acceptors (Lipinski definition) is 6. The molecule has 144 valence electrons. The average Bonchev–Trinajstić information content (AvgIpc) is 3.27. The van der Waals surface area contributed by atoms with Gasteiger partial charge in [0.2, 0.25) is 0 Å². The molecule has 0 aromatic carbocycles. The second-order valence-electron chi connectivity index (χ2n) is 7.59. The zero-order valence-corrected chi connectivity index (χ0v) is 16.0. The molecule has 1 amide bonds. The van der Waals surface area contributed by atoms with Crippen LogP contribution in [0.3, 0.4) is 0 Å². The Bertz CT molecular complexity index is 758. The van der Waals surface area contributed by atoms with E-state index < -0.39 is 0 Å². The maximum absolute atomic E-state index is 12.1. The number of cyclic esters (lactones) is 1. The van der Waals surface area contributed by atoms with Gasteiger partial charge in [0.15, 0.2) is 5.82 Å². The van der Waals surface area contributed by atoms with Gasteiger partial charge in [-0.05, 0) is 68.8 Å².